The molecular formula is C37H55N3O4. The molecule has 2 atom stereocenters. The maximum Gasteiger partial charge on any atom is 0.337 e. The van der Waals surface area contributed by atoms with Crippen molar-refractivity contribution in [2.75, 3.05) is 37.7 Å². The van der Waals surface area contributed by atoms with Gasteiger partial charge in [0.25, 0.3) is 0 Å². The third-order valence-electron chi connectivity index (χ3n) is 9.87. The third kappa shape index (κ3) is 7.48. The van der Waals surface area contributed by atoms with Crippen molar-refractivity contribution in [2.45, 2.75) is 118 Å². The summed E-state index contributed by atoms with van der Waals surface area (Å²) in [4.78, 5) is 22.8. The van der Waals surface area contributed by atoms with Crippen LogP contribution < -0.4 is 4.90 Å². The number of pyridine rings is 1. The van der Waals surface area contributed by atoms with E-state index < -0.39 is 17.7 Å². The second-order valence-electron chi connectivity index (χ2n) is 16.0. The normalized spacial score (nSPS) is 22.8. The molecule has 2 fully saturated rings. The van der Waals surface area contributed by atoms with Gasteiger partial charge >= 0.3 is 5.97 Å². The van der Waals surface area contributed by atoms with Crippen LogP contribution >= 0.6 is 0 Å². The van der Waals surface area contributed by atoms with E-state index in [2.05, 4.69) is 62.6 Å². The lowest BCUT2D eigenvalue weighted by atomic mass is 9.81. The van der Waals surface area contributed by atoms with Gasteiger partial charge in [-0.2, -0.15) is 0 Å². The van der Waals surface area contributed by atoms with Crippen molar-refractivity contribution in [2.24, 2.45) is 11.3 Å². The van der Waals surface area contributed by atoms with Crippen LogP contribution in [-0.2, 0) is 27.2 Å². The van der Waals surface area contributed by atoms with Gasteiger partial charge in [0.1, 0.15) is 0 Å². The van der Waals surface area contributed by atoms with Gasteiger partial charge in [-0.15, -0.1) is 0 Å². The Hall–Kier alpha value is -2.48. The number of hydrogen-bond donors (Lipinski definition) is 1. The van der Waals surface area contributed by atoms with Gasteiger partial charge < -0.3 is 19.5 Å². The number of carboxylic acid groups (broad SMARTS) is 1. The predicted molar refractivity (Wildman–Crippen MR) is 177 cm³/mol. The maximum atomic E-state index is 12.8. The quantitative estimate of drug-likeness (QED) is 0.350. The Morgan fingerprint density at radius 3 is 2.43 bits per heavy atom. The number of aromatic nitrogens is 1. The van der Waals surface area contributed by atoms with Crippen LogP contribution in [0.4, 0.5) is 5.69 Å². The largest absolute Gasteiger partial charge is 0.479 e. The standard InChI is InChI=1S/C37H55N3O4/c1-24-30(28-10-11-29-23-39(16-12-27(29)20-28)22-26-13-19-43-37(8,9)21-26)32(40-17-14-36(6,7)15-18-40)31(25(2)38-24)33(34(41)42)44-35(3,4)5/h10-11,20,26,33H,12-19,21-23H2,1-9H3,(H,41,42). The molecule has 0 aliphatic carbocycles. The molecule has 7 nitrogen and oxygen atoms in total. The van der Waals surface area contributed by atoms with Crippen molar-refractivity contribution in [1.29, 1.82) is 0 Å². The van der Waals surface area contributed by atoms with Crippen LogP contribution in [0.15, 0.2) is 18.2 Å². The summed E-state index contributed by atoms with van der Waals surface area (Å²) in [5.41, 5.74) is 7.90. The summed E-state index contributed by atoms with van der Waals surface area (Å²) in [6, 6.07) is 6.89. The van der Waals surface area contributed by atoms with E-state index in [9.17, 15) is 9.90 Å². The number of benzene rings is 1. The summed E-state index contributed by atoms with van der Waals surface area (Å²) in [6.07, 6.45) is 4.26. The molecule has 1 aromatic heterocycles. The molecule has 0 radical (unpaired) electrons. The molecule has 3 aliphatic rings. The third-order valence-corrected chi connectivity index (χ3v) is 9.87. The van der Waals surface area contributed by atoms with Gasteiger partial charge in [-0.05, 0) is 109 Å². The number of fused-ring (bicyclic) bond motifs is 1. The summed E-state index contributed by atoms with van der Waals surface area (Å²) in [7, 11) is 0. The lowest BCUT2D eigenvalue weighted by molar-refractivity contribution is -0.160. The van der Waals surface area contributed by atoms with Crippen LogP contribution in [0.3, 0.4) is 0 Å². The minimum Gasteiger partial charge on any atom is -0.479 e. The van der Waals surface area contributed by atoms with E-state index in [0.29, 0.717) is 11.5 Å². The molecular weight excluding hydrogens is 550 g/mol. The molecule has 3 aliphatic heterocycles. The molecule has 1 N–H and O–H groups in total. The smallest absolute Gasteiger partial charge is 0.337 e. The van der Waals surface area contributed by atoms with E-state index in [0.717, 1.165) is 99.6 Å². The number of rotatable bonds is 7. The summed E-state index contributed by atoms with van der Waals surface area (Å²) in [5, 5.41) is 10.5. The van der Waals surface area contributed by atoms with Crippen LogP contribution in [0.1, 0.15) is 108 Å². The van der Waals surface area contributed by atoms with E-state index in [1.807, 2.05) is 27.7 Å². The highest BCUT2D eigenvalue weighted by molar-refractivity contribution is 5.88. The maximum absolute atomic E-state index is 12.8. The Bertz CT molecular complexity index is 1370. The summed E-state index contributed by atoms with van der Waals surface area (Å²) in [5.74, 6) is -0.300. The Morgan fingerprint density at radius 1 is 1.09 bits per heavy atom. The minimum absolute atomic E-state index is 0.0241. The summed E-state index contributed by atoms with van der Waals surface area (Å²) < 4.78 is 12.2. The molecule has 0 saturated carbocycles. The lowest BCUT2D eigenvalue weighted by Crippen LogP contribution is -2.41. The highest BCUT2D eigenvalue weighted by Gasteiger charge is 2.37. The Morgan fingerprint density at radius 2 is 1.80 bits per heavy atom. The van der Waals surface area contributed by atoms with Gasteiger partial charge in [-0.3, -0.25) is 9.88 Å². The van der Waals surface area contributed by atoms with Crippen molar-refractivity contribution in [3.8, 4) is 11.1 Å². The first-order valence-corrected chi connectivity index (χ1v) is 16.7. The number of ether oxygens (including phenoxy) is 2. The number of piperidine rings is 1. The zero-order valence-corrected chi connectivity index (χ0v) is 28.7. The fourth-order valence-corrected chi connectivity index (χ4v) is 7.56. The average molecular weight is 606 g/mol. The van der Waals surface area contributed by atoms with Gasteiger partial charge in [0, 0.05) is 61.8 Å². The monoisotopic (exact) mass is 605 g/mol. The SMILES string of the molecule is Cc1nc(C)c(C(OC(C)(C)C)C(=O)O)c(N2CCC(C)(C)CC2)c1-c1ccc2c(c1)CCN(CC1CCOC(C)(C)C1)C2. The summed E-state index contributed by atoms with van der Waals surface area (Å²) in [6.45, 7) is 24.6. The van der Waals surface area contributed by atoms with Crippen LogP contribution in [0.25, 0.3) is 11.1 Å². The molecule has 2 aromatic rings. The minimum atomic E-state index is -1.10. The topological polar surface area (TPSA) is 75.1 Å². The van der Waals surface area contributed by atoms with Gasteiger partial charge in [-0.1, -0.05) is 32.0 Å². The fourth-order valence-electron chi connectivity index (χ4n) is 7.56. The molecule has 2 unspecified atom stereocenters. The average Bonchev–Trinajstić information content (AvgIpc) is 2.90. The first-order valence-electron chi connectivity index (χ1n) is 16.7. The molecule has 0 amide bonds. The van der Waals surface area contributed by atoms with Crippen molar-refractivity contribution in [1.82, 2.24) is 9.88 Å². The molecule has 2 saturated heterocycles. The Labute approximate surface area is 265 Å². The van der Waals surface area contributed by atoms with Crippen LogP contribution in [-0.4, -0.2) is 64.9 Å². The summed E-state index contributed by atoms with van der Waals surface area (Å²) >= 11 is 0. The van der Waals surface area contributed by atoms with Gasteiger partial charge in [-0.25, -0.2) is 4.79 Å². The molecule has 4 heterocycles. The van der Waals surface area contributed by atoms with Crippen LogP contribution in [0.2, 0.25) is 0 Å². The second kappa shape index (κ2) is 12.4. The number of aryl methyl sites for hydroxylation is 2. The highest BCUT2D eigenvalue weighted by Crippen LogP contribution is 2.45. The van der Waals surface area contributed by atoms with Crippen molar-refractivity contribution in [3.63, 3.8) is 0 Å². The van der Waals surface area contributed by atoms with Crippen LogP contribution in [0.5, 0.6) is 0 Å². The molecule has 242 valence electrons. The van der Waals surface area contributed by atoms with Crippen molar-refractivity contribution < 1.29 is 19.4 Å². The Kier molecular flexibility index (Phi) is 9.25. The van der Waals surface area contributed by atoms with E-state index in [-0.39, 0.29) is 11.0 Å². The molecule has 0 spiro atoms. The molecule has 1 aromatic carbocycles. The van der Waals surface area contributed by atoms with E-state index >= 15 is 0 Å². The van der Waals surface area contributed by atoms with E-state index in [1.165, 1.54) is 11.1 Å². The Balaban J connectivity index is 1.52. The molecule has 44 heavy (non-hydrogen) atoms. The fraction of sp³-hybridized carbons (Fsp3) is 0.676. The van der Waals surface area contributed by atoms with Crippen molar-refractivity contribution in [3.05, 3.63) is 46.3 Å². The number of nitrogens with zero attached hydrogens (tertiary/aromatic N) is 3. The van der Waals surface area contributed by atoms with Crippen LogP contribution in [0, 0.1) is 25.2 Å². The second-order valence-corrected chi connectivity index (χ2v) is 16.0. The molecule has 7 heteroatoms. The van der Waals surface area contributed by atoms with Gasteiger partial charge in [0.2, 0.25) is 0 Å². The lowest BCUT2D eigenvalue weighted by Gasteiger charge is -2.41. The van der Waals surface area contributed by atoms with Crippen molar-refractivity contribution >= 4 is 11.7 Å². The first kappa shape index (κ1) is 32.9. The van der Waals surface area contributed by atoms with Gasteiger partial charge in [0.15, 0.2) is 6.10 Å². The molecule has 5 rings (SSSR count). The molecule has 0 bridgehead atoms. The highest BCUT2D eigenvalue weighted by atomic mass is 16.5. The van der Waals surface area contributed by atoms with Gasteiger partial charge in [0.05, 0.1) is 16.9 Å². The number of aliphatic carboxylic acids is 1. The predicted octanol–water partition coefficient (Wildman–Crippen LogP) is 7.50. The number of carboxylic acids is 1. The first-order chi connectivity index (χ1) is 20.5. The number of hydrogen-bond acceptors (Lipinski definition) is 6. The zero-order valence-electron chi connectivity index (χ0n) is 28.7. The number of carbonyl (C=O) groups is 1. The number of anilines is 1. The van der Waals surface area contributed by atoms with E-state index in [1.54, 1.807) is 0 Å². The zero-order chi connectivity index (χ0) is 32.0. The van der Waals surface area contributed by atoms with E-state index in [4.69, 9.17) is 14.5 Å².